The second-order valence-corrected chi connectivity index (χ2v) is 8.48. The highest BCUT2D eigenvalue weighted by Crippen LogP contribution is 2.24. The van der Waals surface area contributed by atoms with Crippen molar-refractivity contribution in [2.45, 2.75) is 39.0 Å². The highest BCUT2D eigenvalue weighted by Gasteiger charge is 2.14. The van der Waals surface area contributed by atoms with Gasteiger partial charge in [-0.2, -0.15) is 0 Å². The number of nitrogens with zero attached hydrogens (tertiary/aromatic N) is 3. The molecule has 3 aromatic rings. The largest absolute Gasteiger partial charge is 0.378 e. The molecule has 8 heteroatoms. The average molecular weight is 474 g/mol. The van der Waals surface area contributed by atoms with E-state index in [-0.39, 0.29) is 11.7 Å². The molecule has 1 amide bonds. The topological polar surface area (TPSA) is 71.8 Å². The van der Waals surface area contributed by atoms with E-state index < -0.39 is 0 Å². The van der Waals surface area contributed by atoms with E-state index in [0.29, 0.717) is 6.54 Å². The SMILES string of the molecule is CCn1c(CNc2ccc(C)cc2)nnc1SCC(=O)Nc1ccc(C)cc1Br. The Morgan fingerprint density at radius 1 is 1.10 bits per heavy atom. The predicted molar refractivity (Wildman–Crippen MR) is 122 cm³/mol. The molecule has 1 aromatic heterocycles. The van der Waals surface area contributed by atoms with Gasteiger partial charge in [0.25, 0.3) is 0 Å². The number of halogens is 1. The lowest BCUT2D eigenvalue weighted by molar-refractivity contribution is -0.113. The third-order valence-corrected chi connectivity index (χ3v) is 5.97. The summed E-state index contributed by atoms with van der Waals surface area (Å²) < 4.78 is 2.90. The lowest BCUT2D eigenvalue weighted by atomic mass is 10.2. The number of hydrogen-bond acceptors (Lipinski definition) is 5. The molecule has 0 spiro atoms. The molecule has 0 bridgehead atoms. The van der Waals surface area contributed by atoms with Gasteiger partial charge >= 0.3 is 0 Å². The Bertz CT molecular complexity index is 987. The average Bonchev–Trinajstić information content (AvgIpc) is 3.10. The van der Waals surface area contributed by atoms with Gasteiger partial charge in [-0.1, -0.05) is 35.5 Å². The Labute approximate surface area is 183 Å². The standard InChI is InChI=1S/C21H24BrN5OS/c1-4-27-19(12-23-16-8-5-14(2)6-9-16)25-26-21(27)29-13-20(28)24-18-10-7-15(3)11-17(18)22/h5-11,23H,4,12-13H2,1-3H3,(H,24,28). The van der Waals surface area contributed by atoms with Crippen LogP contribution in [0, 0.1) is 13.8 Å². The van der Waals surface area contributed by atoms with Crippen LogP contribution in [-0.2, 0) is 17.9 Å². The third-order valence-electron chi connectivity index (χ3n) is 4.34. The molecule has 0 aliphatic heterocycles. The van der Waals surface area contributed by atoms with Gasteiger partial charge in [0.1, 0.15) is 0 Å². The maximum atomic E-state index is 12.3. The molecule has 0 saturated carbocycles. The molecular weight excluding hydrogens is 450 g/mol. The Balaban J connectivity index is 1.58. The lowest BCUT2D eigenvalue weighted by Crippen LogP contribution is -2.15. The van der Waals surface area contributed by atoms with Gasteiger partial charge in [0.15, 0.2) is 11.0 Å². The van der Waals surface area contributed by atoms with Gasteiger partial charge in [0.05, 0.1) is 18.0 Å². The normalized spacial score (nSPS) is 10.8. The number of aryl methyl sites for hydroxylation is 2. The summed E-state index contributed by atoms with van der Waals surface area (Å²) in [6.45, 7) is 7.44. The molecule has 2 aromatic carbocycles. The molecule has 2 N–H and O–H groups in total. The van der Waals surface area contributed by atoms with Crippen LogP contribution in [0.25, 0.3) is 0 Å². The second kappa shape index (κ2) is 9.93. The summed E-state index contributed by atoms with van der Waals surface area (Å²) >= 11 is 4.87. The zero-order valence-electron chi connectivity index (χ0n) is 16.7. The van der Waals surface area contributed by atoms with E-state index in [1.807, 2.05) is 48.7 Å². The Morgan fingerprint density at radius 2 is 1.83 bits per heavy atom. The minimum absolute atomic E-state index is 0.0791. The van der Waals surface area contributed by atoms with E-state index in [0.717, 1.165) is 38.9 Å². The number of benzene rings is 2. The molecule has 1 heterocycles. The number of carbonyl (C=O) groups excluding carboxylic acids is 1. The van der Waals surface area contributed by atoms with Crippen molar-refractivity contribution in [2.75, 3.05) is 16.4 Å². The van der Waals surface area contributed by atoms with Crippen molar-refractivity contribution < 1.29 is 4.79 Å². The van der Waals surface area contributed by atoms with Gasteiger partial charge in [0.2, 0.25) is 5.91 Å². The minimum Gasteiger partial charge on any atom is -0.378 e. The van der Waals surface area contributed by atoms with Gasteiger partial charge in [-0.05, 0) is 66.5 Å². The van der Waals surface area contributed by atoms with Crippen molar-refractivity contribution >= 4 is 45.0 Å². The number of rotatable bonds is 8. The van der Waals surface area contributed by atoms with Crippen LogP contribution < -0.4 is 10.6 Å². The molecule has 29 heavy (non-hydrogen) atoms. The fourth-order valence-corrected chi connectivity index (χ4v) is 4.18. The van der Waals surface area contributed by atoms with E-state index in [1.165, 1.54) is 17.3 Å². The minimum atomic E-state index is -0.0791. The van der Waals surface area contributed by atoms with Crippen LogP contribution in [0.2, 0.25) is 0 Å². The Kier molecular flexibility index (Phi) is 7.33. The molecule has 0 saturated heterocycles. The summed E-state index contributed by atoms with van der Waals surface area (Å²) in [5.41, 5.74) is 4.16. The Hall–Kier alpha value is -2.32. The van der Waals surface area contributed by atoms with Crippen LogP contribution in [0.1, 0.15) is 23.9 Å². The van der Waals surface area contributed by atoms with Crippen molar-refractivity contribution in [3.63, 3.8) is 0 Å². The number of anilines is 2. The van der Waals surface area contributed by atoms with Crippen molar-refractivity contribution in [3.8, 4) is 0 Å². The fraction of sp³-hybridized carbons (Fsp3) is 0.286. The quantitative estimate of drug-likeness (QED) is 0.449. The van der Waals surface area contributed by atoms with Crippen LogP contribution in [0.15, 0.2) is 52.1 Å². The first-order chi connectivity index (χ1) is 14.0. The molecule has 0 radical (unpaired) electrons. The van der Waals surface area contributed by atoms with Crippen LogP contribution >= 0.6 is 27.7 Å². The molecule has 3 rings (SSSR count). The van der Waals surface area contributed by atoms with Gasteiger partial charge in [-0.3, -0.25) is 4.79 Å². The second-order valence-electron chi connectivity index (χ2n) is 6.68. The first-order valence-electron chi connectivity index (χ1n) is 9.37. The summed E-state index contributed by atoms with van der Waals surface area (Å²) in [6.07, 6.45) is 0. The molecule has 0 aliphatic carbocycles. The summed E-state index contributed by atoms with van der Waals surface area (Å²) in [7, 11) is 0. The number of amides is 1. The van der Waals surface area contributed by atoms with Crippen molar-refractivity contribution in [2.24, 2.45) is 0 Å². The highest BCUT2D eigenvalue weighted by molar-refractivity contribution is 9.10. The number of thioether (sulfide) groups is 1. The van der Waals surface area contributed by atoms with E-state index in [1.54, 1.807) is 0 Å². The van der Waals surface area contributed by atoms with Crippen LogP contribution in [0.5, 0.6) is 0 Å². The van der Waals surface area contributed by atoms with Crippen LogP contribution in [0.3, 0.4) is 0 Å². The van der Waals surface area contributed by atoms with Crippen molar-refractivity contribution in [1.82, 2.24) is 14.8 Å². The summed E-state index contributed by atoms with van der Waals surface area (Å²) in [6, 6.07) is 14.1. The van der Waals surface area contributed by atoms with Gasteiger partial charge in [-0.15, -0.1) is 10.2 Å². The molecule has 0 unspecified atom stereocenters. The summed E-state index contributed by atoms with van der Waals surface area (Å²) in [4.78, 5) is 12.3. The van der Waals surface area contributed by atoms with E-state index >= 15 is 0 Å². The lowest BCUT2D eigenvalue weighted by Gasteiger charge is -2.10. The third kappa shape index (κ3) is 5.83. The van der Waals surface area contributed by atoms with Crippen LogP contribution in [0.4, 0.5) is 11.4 Å². The maximum absolute atomic E-state index is 12.3. The first kappa shape index (κ1) is 21.4. The Morgan fingerprint density at radius 3 is 2.52 bits per heavy atom. The zero-order valence-corrected chi connectivity index (χ0v) is 19.1. The van der Waals surface area contributed by atoms with Crippen LogP contribution in [-0.4, -0.2) is 26.4 Å². The highest BCUT2D eigenvalue weighted by atomic mass is 79.9. The van der Waals surface area contributed by atoms with E-state index in [4.69, 9.17) is 0 Å². The molecule has 0 atom stereocenters. The van der Waals surface area contributed by atoms with Gasteiger partial charge in [0, 0.05) is 16.7 Å². The first-order valence-corrected chi connectivity index (χ1v) is 11.2. The fourth-order valence-electron chi connectivity index (χ4n) is 2.76. The zero-order chi connectivity index (χ0) is 20.8. The molecule has 6 nitrogen and oxygen atoms in total. The summed E-state index contributed by atoms with van der Waals surface area (Å²) in [5, 5.41) is 15.6. The number of hydrogen-bond donors (Lipinski definition) is 2. The maximum Gasteiger partial charge on any atom is 0.234 e. The van der Waals surface area contributed by atoms with Gasteiger partial charge < -0.3 is 15.2 Å². The van der Waals surface area contributed by atoms with Crippen molar-refractivity contribution in [1.29, 1.82) is 0 Å². The van der Waals surface area contributed by atoms with Crippen molar-refractivity contribution in [3.05, 3.63) is 63.9 Å². The monoisotopic (exact) mass is 473 g/mol. The van der Waals surface area contributed by atoms with Gasteiger partial charge in [-0.25, -0.2) is 0 Å². The smallest absolute Gasteiger partial charge is 0.234 e. The number of carbonyl (C=O) groups is 1. The number of aromatic nitrogens is 3. The molecule has 0 aliphatic rings. The molecule has 0 fully saturated rings. The predicted octanol–water partition coefficient (Wildman–Crippen LogP) is 5.02. The molecular formula is C21H24BrN5OS. The molecule has 152 valence electrons. The van der Waals surface area contributed by atoms with E-state index in [9.17, 15) is 4.79 Å². The summed E-state index contributed by atoms with van der Waals surface area (Å²) in [5.74, 6) is 1.03. The van der Waals surface area contributed by atoms with E-state index in [2.05, 4.69) is 55.8 Å². The number of nitrogens with one attached hydrogen (secondary N) is 2.